The lowest BCUT2D eigenvalue weighted by Gasteiger charge is -2.32. The SMILES string of the molecule is C/C(=C(\CCCCc1ccccc1)B1OC(C)(C)C(C)(C)O1)c1ccccc1. The maximum Gasteiger partial charge on any atom is 0.490 e. The van der Waals surface area contributed by atoms with Crippen molar-refractivity contribution in [2.24, 2.45) is 0 Å². The molecule has 0 radical (unpaired) electrons. The van der Waals surface area contributed by atoms with Crippen molar-refractivity contribution < 1.29 is 9.31 Å². The minimum Gasteiger partial charge on any atom is -0.400 e. The van der Waals surface area contributed by atoms with E-state index in [1.54, 1.807) is 0 Å². The first-order valence-electron chi connectivity index (χ1n) is 10.4. The van der Waals surface area contributed by atoms with Crippen LogP contribution in [-0.2, 0) is 15.7 Å². The summed E-state index contributed by atoms with van der Waals surface area (Å²) in [5, 5.41) is 0. The van der Waals surface area contributed by atoms with Crippen LogP contribution in [0.25, 0.3) is 5.57 Å². The van der Waals surface area contributed by atoms with Crippen LogP contribution in [0.15, 0.2) is 66.1 Å². The average molecular weight is 376 g/mol. The molecule has 1 fully saturated rings. The zero-order valence-corrected chi connectivity index (χ0v) is 18.0. The monoisotopic (exact) mass is 376 g/mol. The van der Waals surface area contributed by atoms with Gasteiger partial charge in [0.15, 0.2) is 0 Å². The van der Waals surface area contributed by atoms with Gasteiger partial charge in [-0.15, -0.1) is 0 Å². The quantitative estimate of drug-likeness (QED) is 0.405. The largest absolute Gasteiger partial charge is 0.490 e. The van der Waals surface area contributed by atoms with E-state index >= 15 is 0 Å². The van der Waals surface area contributed by atoms with Crippen LogP contribution >= 0.6 is 0 Å². The fourth-order valence-electron chi connectivity index (χ4n) is 3.63. The van der Waals surface area contributed by atoms with Crippen molar-refractivity contribution in [1.82, 2.24) is 0 Å². The van der Waals surface area contributed by atoms with Crippen LogP contribution in [0.5, 0.6) is 0 Å². The maximum absolute atomic E-state index is 6.40. The molecule has 0 unspecified atom stereocenters. The smallest absolute Gasteiger partial charge is 0.400 e. The molecule has 28 heavy (non-hydrogen) atoms. The van der Waals surface area contributed by atoms with Crippen molar-refractivity contribution in [3.8, 4) is 0 Å². The number of hydrogen-bond acceptors (Lipinski definition) is 2. The Hall–Kier alpha value is -1.84. The lowest BCUT2D eigenvalue weighted by atomic mass is 9.71. The summed E-state index contributed by atoms with van der Waals surface area (Å²) in [7, 11) is -0.276. The molecule has 0 amide bonds. The molecule has 3 rings (SSSR count). The summed E-state index contributed by atoms with van der Waals surface area (Å²) in [4.78, 5) is 0. The zero-order chi connectivity index (χ0) is 20.2. The van der Waals surface area contributed by atoms with Gasteiger partial charge in [-0.3, -0.25) is 0 Å². The van der Waals surface area contributed by atoms with Crippen molar-refractivity contribution in [1.29, 1.82) is 0 Å². The van der Waals surface area contributed by atoms with Crippen molar-refractivity contribution >= 4 is 12.7 Å². The third-order valence-electron chi connectivity index (χ3n) is 6.23. The first-order chi connectivity index (χ1) is 13.3. The van der Waals surface area contributed by atoms with Gasteiger partial charge in [0.25, 0.3) is 0 Å². The number of hydrogen-bond donors (Lipinski definition) is 0. The fourth-order valence-corrected chi connectivity index (χ4v) is 3.63. The van der Waals surface area contributed by atoms with Crippen LogP contribution in [-0.4, -0.2) is 18.3 Å². The minimum absolute atomic E-state index is 0.276. The van der Waals surface area contributed by atoms with Gasteiger partial charge >= 0.3 is 7.12 Å². The Kier molecular flexibility index (Phi) is 6.47. The highest BCUT2D eigenvalue weighted by Gasteiger charge is 2.52. The Balaban J connectivity index is 1.76. The third kappa shape index (κ3) is 4.77. The molecule has 0 saturated carbocycles. The van der Waals surface area contributed by atoms with Crippen LogP contribution in [0.3, 0.4) is 0 Å². The number of benzene rings is 2. The van der Waals surface area contributed by atoms with Crippen molar-refractivity contribution in [2.75, 3.05) is 0 Å². The topological polar surface area (TPSA) is 18.5 Å². The van der Waals surface area contributed by atoms with E-state index in [1.807, 2.05) is 0 Å². The second-order valence-electron chi connectivity index (χ2n) is 8.80. The molecule has 2 nitrogen and oxygen atoms in total. The Bertz CT molecular complexity index is 778. The molecule has 0 aliphatic carbocycles. The van der Waals surface area contributed by atoms with E-state index in [0.29, 0.717) is 0 Å². The molecule has 3 heteroatoms. The highest BCUT2D eigenvalue weighted by Crippen LogP contribution is 2.41. The first kappa shape index (κ1) is 20.9. The molecule has 0 atom stereocenters. The molecule has 1 aliphatic rings. The van der Waals surface area contributed by atoms with Gasteiger partial charge in [0, 0.05) is 0 Å². The van der Waals surface area contributed by atoms with Crippen LogP contribution < -0.4 is 0 Å². The Morgan fingerprint density at radius 1 is 0.786 bits per heavy atom. The Labute approximate surface area is 171 Å². The standard InChI is InChI=1S/C25H33BO2/c1-20(22-17-10-7-11-18-22)23(26-27-24(2,3)25(4,5)28-26)19-13-12-16-21-14-8-6-9-15-21/h6-11,14-15,17-18H,12-13,16,19H2,1-5H3/b23-20-. The van der Waals surface area contributed by atoms with Gasteiger partial charge in [-0.05, 0) is 82.5 Å². The van der Waals surface area contributed by atoms with Gasteiger partial charge in [0.1, 0.15) is 0 Å². The summed E-state index contributed by atoms with van der Waals surface area (Å²) in [6, 6.07) is 21.3. The second-order valence-corrected chi connectivity index (χ2v) is 8.80. The fraction of sp³-hybridized carbons (Fsp3) is 0.440. The summed E-state index contributed by atoms with van der Waals surface area (Å²) in [5.74, 6) is 0. The molecule has 1 aliphatic heterocycles. The van der Waals surface area contributed by atoms with Gasteiger partial charge in [0.2, 0.25) is 0 Å². The highest BCUT2D eigenvalue weighted by molar-refractivity contribution is 6.56. The number of allylic oxidation sites excluding steroid dienone is 2. The average Bonchev–Trinajstić information content (AvgIpc) is 2.90. The summed E-state index contributed by atoms with van der Waals surface area (Å²) in [6.07, 6.45) is 4.39. The van der Waals surface area contributed by atoms with Crippen LogP contribution in [0.4, 0.5) is 0 Å². The van der Waals surface area contributed by atoms with Crippen molar-refractivity contribution in [3.05, 3.63) is 77.3 Å². The van der Waals surface area contributed by atoms with Crippen LogP contribution in [0.2, 0.25) is 0 Å². The van der Waals surface area contributed by atoms with Crippen LogP contribution in [0, 0.1) is 0 Å². The maximum atomic E-state index is 6.40. The number of unbranched alkanes of at least 4 members (excludes halogenated alkanes) is 1. The normalized spacial score (nSPS) is 18.8. The minimum atomic E-state index is -0.316. The van der Waals surface area contributed by atoms with Gasteiger partial charge in [-0.25, -0.2) is 0 Å². The highest BCUT2D eigenvalue weighted by atomic mass is 16.7. The molecule has 1 heterocycles. The lowest BCUT2D eigenvalue weighted by molar-refractivity contribution is 0.00578. The van der Waals surface area contributed by atoms with Crippen LogP contribution in [0.1, 0.15) is 65.0 Å². The zero-order valence-electron chi connectivity index (χ0n) is 18.0. The number of aryl methyl sites for hydroxylation is 1. The summed E-state index contributed by atoms with van der Waals surface area (Å²) < 4.78 is 12.8. The van der Waals surface area contributed by atoms with E-state index in [0.717, 1.165) is 25.7 Å². The summed E-state index contributed by atoms with van der Waals surface area (Å²) >= 11 is 0. The molecule has 2 aromatic rings. The Morgan fingerprint density at radius 3 is 1.89 bits per heavy atom. The van der Waals surface area contributed by atoms with E-state index in [2.05, 4.69) is 95.3 Å². The van der Waals surface area contributed by atoms with Gasteiger partial charge in [-0.2, -0.15) is 0 Å². The predicted octanol–water partition coefficient (Wildman–Crippen LogP) is 6.50. The third-order valence-corrected chi connectivity index (χ3v) is 6.23. The molecular weight excluding hydrogens is 343 g/mol. The molecule has 2 aromatic carbocycles. The molecule has 148 valence electrons. The second kappa shape index (κ2) is 8.67. The number of rotatable bonds is 7. The van der Waals surface area contributed by atoms with E-state index < -0.39 is 0 Å². The molecule has 0 N–H and O–H groups in total. The van der Waals surface area contributed by atoms with Gasteiger partial charge in [0.05, 0.1) is 11.2 Å². The van der Waals surface area contributed by atoms with Crippen molar-refractivity contribution in [2.45, 2.75) is 71.5 Å². The Morgan fingerprint density at radius 2 is 1.32 bits per heavy atom. The molecule has 1 saturated heterocycles. The van der Waals surface area contributed by atoms with E-state index in [1.165, 1.54) is 22.2 Å². The van der Waals surface area contributed by atoms with E-state index in [9.17, 15) is 0 Å². The molecule has 0 spiro atoms. The predicted molar refractivity (Wildman–Crippen MR) is 119 cm³/mol. The summed E-state index contributed by atoms with van der Waals surface area (Å²) in [6.45, 7) is 10.7. The van der Waals surface area contributed by atoms with Gasteiger partial charge in [-0.1, -0.05) is 60.7 Å². The lowest BCUT2D eigenvalue weighted by Crippen LogP contribution is -2.41. The molecule has 0 aromatic heterocycles. The summed E-state index contributed by atoms with van der Waals surface area (Å²) in [5.41, 5.74) is 4.57. The van der Waals surface area contributed by atoms with Gasteiger partial charge < -0.3 is 9.31 Å². The van der Waals surface area contributed by atoms with E-state index in [-0.39, 0.29) is 18.3 Å². The van der Waals surface area contributed by atoms with E-state index in [4.69, 9.17) is 9.31 Å². The first-order valence-corrected chi connectivity index (χ1v) is 10.4. The van der Waals surface area contributed by atoms with Crippen molar-refractivity contribution in [3.63, 3.8) is 0 Å². The molecule has 0 bridgehead atoms. The molecular formula is C25H33BO2.